The SMILES string of the molecule is C#CCOc1ccc2c(c1)S(C)(I)C(C)=N2. The molecule has 0 saturated heterocycles. The Kier molecular flexibility index (Phi) is 3.17. The lowest BCUT2D eigenvalue weighted by atomic mass is 10.3. The van der Waals surface area contributed by atoms with Gasteiger partial charge in [-0.3, -0.25) is 0 Å². The number of ether oxygens (including phenoxy) is 1. The fourth-order valence-electron chi connectivity index (χ4n) is 1.52. The first-order valence-corrected chi connectivity index (χ1v) is 9.38. The van der Waals surface area contributed by atoms with E-state index in [4.69, 9.17) is 11.2 Å². The van der Waals surface area contributed by atoms with Crippen LogP contribution in [0.1, 0.15) is 6.92 Å². The third kappa shape index (κ3) is 1.94. The third-order valence-corrected chi connectivity index (χ3v) is 8.19. The van der Waals surface area contributed by atoms with Crippen LogP contribution in [0.25, 0.3) is 0 Å². The smallest absolute Gasteiger partial charge is 0.148 e. The summed E-state index contributed by atoms with van der Waals surface area (Å²) in [6, 6.07) is 5.99. The van der Waals surface area contributed by atoms with Gasteiger partial charge in [-0.1, -0.05) is 5.92 Å². The average molecular weight is 345 g/mol. The van der Waals surface area contributed by atoms with Gasteiger partial charge in [-0.25, -0.2) is 4.99 Å². The van der Waals surface area contributed by atoms with Crippen LogP contribution in [0.2, 0.25) is 0 Å². The van der Waals surface area contributed by atoms with E-state index in [1.165, 1.54) is 9.94 Å². The zero-order valence-electron chi connectivity index (χ0n) is 9.16. The second kappa shape index (κ2) is 4.30. The van der Waals surface area contributed by atoms with Gasteiger partial charge in [0.1, 0.15) is 12.4 Å². The molecule has 0 aromatic heterocycles. The normalized spacial score (nSPS) is 26.2. The minimum Gasteiger partial charge on any atom is -0.481 e. The van der Waals surface area contributed by atoms with Gasteiger partial charge in [0.05, 0.1) is 10.7 Å². The van der Waals surface area contributed by atoms with Gasteiger partial charge in [-0.15, -0.1) is 13.6 Å². The van der Waals surface area contributed by atoms with Gasteiger partial charge in [0.25, 0.3) is 0 Å². The van der Waals surface area contributed by atoms with E-state index in [0.717, 1.165) is 11.4 Å². The Morgan fingerprint density at radius 3 is 3.00 bits per heavy atom. The molecule has 1 aliphatic heterocycles. The molecule has 1 aromatic carbocycles. The van der Waals surface area contributed by atoms with Crippen molar-refractivity contribution in [1.82, 2.24) is 0 Å². The highest BCUT2D eigenvalue weighted by Gasteiger charge is 2.29. The maximum Gasteiger partial charge on any atom is 0.148 e. The zero-order valence-corrected chi connectivity index (χ0v) is 12.1. The van der Waals surface area contributed by atoms with Crippen LogP contribution in [-0.2, 0) is 0 Å². The second-order valence-corrected chi connectivity index (χ2v) is 11.5. The minimum atomic E-state index is -0.943. The molecule has 4 heteroatoms. The molecule has 2 rings (SSSR count). The first-order valence-electron chi connectivity index (χ1n) is 4.79. The number of rotatable bonds is 2. The minimum absolute atomic E-state index is 0.311. The number of hydrogen-bond donors (Lipinski definition) is 0. The maximum absolute atomic E-state index is 5.43. The lowest BCUT2D eigenvalue weighted by Gasteiger charge is -2.24. The number of benzene rings is 1. The van der Waals surface area contributed by atoms with E-state index in [9.17, 15) is 0 Å². The fraction of sp³-hybridized carbons (Fsp3) is 0.250. The Bertz CT molecular complexity index is 502. The van der Waals surface area contributed by atoms with Crippen LogP contribution in [0.4, 0.5) is 5.69 Å². The summed E-state index contributed by atoms with van der Waals surface area (Å²) in [5.74, 6) is 3.30. The van der Waals surface area contributed by atoms with Crippen molar-refractivity contribution in [2.75, 3.05) is 12.9 Å². The van der Waals surface area contributed by atoms with Crippen molar-refractivity contribution in [3.05, 3.63) is 18.2 Å². The van der Waals surface area contributed by atoms with Crippen LogP contribution in [0.5, 0.6) is 5.75 Å². The Hall–Kier alpha value is -0.670. The molecule has 16 heavy (non-hydrogen) atoms. The summed E-state index contributed by atoms with van der Waals surface area (Å²) in [7, 11) is -0.943. The molecule has 1 aliphatic rings. The molecule has 0 spiro atoms. The van der Waals surface area contributed by atoms with E-state index in [1.54, 1.807) is 0 Å². The standard InChI is InChI=1S/C12H12INOS/c1-4-7-15-10-5-6-11-12(8-10)16(3,13)9(2)14-11/h1,5-6,8H,7H2,2-3H3. The Morgan fingerprint density at radius 1 is 1.56 bits per heavy atom. The van der Waals surface area contributed by atoms with Crippen LogP contribution in [0.15, 0.2) is 28.1 Å². The molecule has 1 aromatic rings. The predicted octanol–water partition coefficient (Wildman–Crippen LogP) is 3.91. The Labute approximate surface area is 109 Å². The molecule has 0 fully saturated rings. The fourth-order valence-corrected chi connectivity index (χ4v) is 4.31. The molecular weight excluding hydrogens is 333 g/mol. The summed E-state index contributed by atoms with van der Waals surface area (Å²) in [5.41, 5.74) is 1.07. The lowest BCUT2D eigenvalue weighted by molar-refractivity contribution is 0.369. The average Bonchev–Trinajstić information content (AvgIpc) is 2.48. The number of halogens is 1. The van der Waals surface area contributed by atoms with Crippen molar-refractivity contribution in [3.63, 3.8) is 0 Å². The summed E-state index contributed by atoms with van der Waals surface area (Å²) >= 11 is 2.49. The quantitative estimate of drug-likeness (QED) is 0.588. The molecule has 0 radical (unpaired) electrons. The monoisotopic (exact) mass is 345 g/mol. The summed E-state index contributed by atoms with van der Waals surface area (Å²) in [6.07, 6.45) is 7.41. The van der Waals surface area contributed by atoms with Crippen molar-refractivity contribution in [2.45, 2.75) is 11.8 Å². The highest BCUT2D eigenvalue weighted by atomic mass is 127. The summed E-state index contributed by atoms with van der Waals surface area (Å²) in [6.45, 7) is 2.40. The van der Waals surface area contributed by atoms with Gasteiger partial charge in [-0.2, -0.15) is 0 Å². The molecule has 2 nitrogen and oxygen atoms in total. The van der Waals surface area contributed by atoms with Gasteiger partial charge >= 0.3 is 0 Å². The van der Waals surface area contributed by atoms with Crippen molar-refractivity contribution in [1.29, 1.82) is 0 Å². The Balaban J connectivity index is 2.37. The van der Waals surface area contributed by atoms with E-state index in [-0.39, 0.29) is 0 Å². The molecule has 0 aliphatic carbocycles. The molecule has 0 amide bonds. The first-order chi connectivity index (χ1) is 7.55. The summed E-state index contributed by atoms with van der Waals surface area (Å²) in [5, 5.41) is 1.21. The van der Waals surface area contributed by atoms with Gasteiger partial charge in [0, 0.05) is 4.90 Å². The van der Waals surface area contributed by atoms with E-state index >= 15 is 0 Å². The van der Waals surface area contributed by atoms with Crippen LogP contribution < -0.4 is 4.74 Å². The van der Waals surface area contributed by atoms with Crippen LogP contribution in [0, 0.1) is 12.3 Å². The van der Waals surface area contributed by atoms with E-state index in [1.807, 2.05) is 12.1 Å². The summed E-state index contributed by atoms with van der Waals surface area (Å²) in [4.78, 5) is 5.85. The predicted molar refractivity (Wildman–Crippen MR) is 79.3 cm³/mol. The number of fused-ring (bicyclic) bond motifs is 1. The number of nitrogens with zero attached hydrogens (tertiary/aromatic N) is 1. The van der Waals surface area contributed by atoms with Crippen molar-refractivity contribution in [2.24, 2.45) is 4.99 Å². The van der Waals surface area contributed by atoms with Crippen LogP contribution in [0.3, 0.4) is 0 Å². The molecule has 1 heterocycles. The largest absolute Gasteiger partial charge is 0.481 e. The molecule has 1 unspecified atom stereocenters. The highest BCUT2D eigenvalue weighted by molar-refractivity contribution is 14.2. The van der Waals surface area contributed by atoms with Gasteiger partial charge in [0.2, 0.25) is 0 Å². The van der Waals surface area contributed by atoms with Gasteiger partial charge < -0.3 is 4.74 Å². The van der Waals surface area contributed by atoms with Crippen molar-refractivity contribution in [3.8, 4) is 18.1 Å². The Morgan fingerprint density at radius 2 is 2.31 bits per heavy atom. The molecule has 0 N–H and O–H groups in total. The van der Waals surface area contributed by atoms with E-state index in [2.05, 4.69) is 51.4 Å². The summed E-state index contributed by atoms with van der Waals surface area (Å²) < 4.78 is 5.43. The number of terminal acetylenes is 1. The molecular formula is C12H12INOS. The number of aliphatic imine (C=N–C) groups is 1. The first kappa shape index (κ1) is 11.8. The van der Waals surface area contributed by atoms with Gasteiger partial charge in [-0.05, 0) is 52.6 Å². The molecule has 0 bridgehead atoms. The van der Waals surface area contributed by atoms with E-state index in [0.29, 0.717) is 6.61 Å². The van der Waals surface area contributed by atoms with Crippen LogP contribution in [-0.4, -0.2) is 17.9 Å². The highest BCUT2D eigenvalue weighted by Crippen LogP contribution is 2.68. The topological polar surface area (TPSA) is 21.6 Å². The van der Waals surface area contributed by atoms with Crippen LogP contribution >= 0.6 is 28.4 Å². The third-order valence-electron chi connectivity index (χ3n) is 2.50. The molecule has 84 valence electrons. The van der Waals surface area contributed by atoms with E-state index < -0.39 is 7.20 Å². The zero-order chi connectivity index (χ0) is 11.8. The lowest BCUT2D eigenvalue weighted by Crippen LogP contribution is -1.97. The van der Waals surface area contributed by atoms with Crippen molar-refractivity contribution >= 4 is 39.1 Å². The van der Waals surface area contributed by atoms with Gasteiger partial charge in [0.15, 0.2) is 0 Å². The second-order valence-electron chi connectivity index (χ2n) is 3.57. The van der Waals surface area contributed by atoms with Crippen molar-refractivity contribution < 1.29 is 4.74 Å². The maximum atomic E-state index is 5.43. The molecule has 1 atom stereocenters. The molecule has 0 saturated carbocycles. The number of hydrogen-bond acceptors (Lipinski definition) is 2.